The Kier molecular flexibility index (Phi) is 3.02. The van der Waals surface area contributed by atoms with Gasteiger partial charge in [-0.05, 0) is 11.1 Å². The molecule has 0 amide bonds. The third-order valence-corrected chi connectivity index (χ3v) is 1.80. The van der Waals surface area contributed by atoms with E-state index >= 15 is 0 Å². The maximum absolute atomic E-state index is 8.77. The molecule has 3 N–H and O–H groups in total. The molecule has 1 aromatic carbocycles. The van der Waals surface area contributed by atoms with Crippen molar-refractivity contribution >= 4 is 0 Å². The van der Waals surface area contributed by atoms with Crippen molar-refractivity contribution in [2.75, 3.05) is 0 Å². The van der Waals surface area contributed by atoms with Gasteiger partial charge in [-0.15, -0.1) is 6.58 Å². The van der Waals surface area contributed by atoms with Crippen LogP contribution in [0.5, 0.6) is 0 Å². The van der Waals surface area contributed by atoms with E-state index in [0.29, 0.717) is 0 Å². The van der Waals surface area contributed by atoms with Crippen LogP contribution in [0.2, 0.25) is 0 Å². The lowest BCUT2D eigenvalue weighted by atomic mass is 10.1. The molecule has 0 spiro atoms. The zero-order valence-corrected chi connectivity index (χ0v) is 6.90. The van der Waals surface area contributed by atoms with Gasteiger partial charge in [0.2, 0.25) is 0 Å². The van der Waals surface area contributed by atoms with Crippen LogP contribution in [0.1, 0.15) is 17.2 Å². The highest BCUT2D eigenvalue weighted by Crippen LogP contribution is 2.11. The van der Waals surface area contributed by atoms with Crippen molar-refractivity contribution < 1.29 is 5.11 Å². The highest BCUT2D eigenvalue weighted by molar-refractivity contribution is 5.26. The molecule has 1 atom stereocenters. The zero-order chi connectivity index (χ0) is 8.97. The van der Waals surface area contributed by atoms with Crippen LogP contribution in [0.15, 0.2) is 36.9 Å². The Morgan fingerprint density at radius 3 is 2.42 bits per heavy atom. The molecule has 0 heterocycles. The van der Waals surface area contributed by atoms with E-state index in [1.807, 2.05) is 24.3 Å². The van der Waals surface area contributed by atoms with Gasteiger partial charge in [0.05, 0.1) is 6.61 Å². The van der Waals surface area contributed by atoms with Crippen LogP contribution in [0, 0.1) is 0 Å². The molecule has 0 saturated heterocycles. The van der Waals surface area contributed by atoms with Crippen molar-refractivity contribution in [2.45, 2.75) is 12.6 Å². The average molecular weight is 163 g/mol. The maximum Gasteiger partial charge on any atom is 0.0681 e. The van der Waals surface area contributed by atoms with Crippen LogP contribution in [-0.4, -0.2) is 5.11 Å². The molecule has 0 aliphatic heterocycles. The van der Waals surface area contributed by atoms with E-state index in [0.717, 1.165) is 11.1 Å². The Hall–Kier alpha value is -1.12. The summed E-state index contributed by atoms with van der Waals surface area (Å²) in [4.78, 5) is 0. The summed E-state index contributed by atoms with van der Waals surface area (Å²) < 4.78 is 0. The molecule has 2 heteroatoms. The lowest BCUT2D eigenvalue weighted by Gasteiger charge is -2.06. The third-order valence-electron chi connectivity index (χ3n) is 1.80. The van der Waals surface area contributed by atoms with Crippen LogP contribution in [0.25, 0.3) is 0 Å². The van der Waals surface area contributed by atoms with Crippen molar-refractivity contribution in [1.82, 2.24) is 0 Å². The summed E-state index contributed by atoms with van der Waals surface area (Å²) in [5.74, 6) is 0. The van der Waals surface area contributed by atoms with Crippen molar-refractivity contribution in [1.29, 1.82) is 0 Å². The second kappa shape index (κ2) is 4.04. The molecule has 1 aromatic rings. The second-order valence-electron chi connectivity index (χ2n) is 2.66. The molecule has 0 aliphatic rings. The fourth-order valence-corrected chi connectivity index (χ4v) is 0.981. The monoisotopic (exact) mass is 163 g/mol. The van der Waals surface area contributed by atoms with Crippen LogP contribution in [0.3, 0.4) is 0 Å². The molecule has 0 fully saturated rings. The highest BCUT2D eigenvalue weighted by atomic mass is 16.3. The quantitative estimate of drug-likeness (QED) is 0.661. The summed E-state index contributed by atoms with van der Waals surface area (Å²) in [6, 6.07) is 7.41. The molecular weight excluding hydrogens is 150 g/mol. The molecule has 12 heavy (non-hydrogen) atoms. The van der Waals surface area contributed by atoms with Gasteiger partial charge in [0.25, 0.3) is 0 Å². The zero-order valence-electron chi connectivity index (χ0n) is 6.90. The first-order chi connectivity index (χ1) is 5.77. The maximum atomic E-state index is 8.77. The Morgan fingerprint density at radius 1 is 1.42 bits per heavy atom. The van der Waals surface area contributed by atoms with E-state index in [9.17, 15) is 0 Å². The Bertz CT molecular complexity index is 253. The lowest BCUT2D eigenvalue weighted by Crippen LogP contribution is -2.06. The molecule has 0 saturated carbocycles. The Balaban J connectivity index is 2.84. The minimum atomic E-state index is -0.113. The van der Waals surface area contributed by atoms with Crippen molar-refractivity contribution in [3.63, 3.8) is 0 Å². The van der Waals surface area contributed by atoms with Crippen molar-refractivity contribution in [2.24, 2.45) is 5.73 Å². The van der Waals surface area contributed by atoms with Gasteiger partial charge in [-0.1, -0.05) is 30.3 Å². The predicted molar refractivity (Wildman–Crippen MR) is 49.5 cm³/mol. The number of aliphatic hydroxyl groups is 1. The molecular formula is C10H13NO. The first kappa shape index (κ1) is 8.97. The van der Waals surface area contributed by atoms with Gasteiger partial charge in [0.15, 0.2) is 0 Å². The lowest BCUT2D eigenvalue weighted by molar-refractivity contribution is 0.282. The van der Waals surface area contributed by atoms with E-state index in [-0.39, 0.29) is 12.6 Å². The van der Waals surface area contributed by atoms with Crippen molar-refractivity contribution in [3.8, 4) is 0 Å². The SMILES string of the molecule is C=C[C@H](N)c1ccc(CO)cc1. The van der Waals surface area contributed by atoms with E-state index in [1.165, 1.54) is 0 Å². The molecule has 64 valence electrons. The largest absolute Gasteiger partial charge is 0.392 e. The predicted octanol–water partition coefficient (Wildman–Crippen LogP) is 1.36. The molecule has 0 aromatic heterocycles. The first-order valence-electron chi connectivity index (χ1n) is 3.85. The summed E-state index contributed by atoms with van der Waals surface area (Å²) in [5, 5.41) is 8.77. The van der Waals surface area contributed by atoms with E-state index in [1.54, 1.807) is 6.08 Å². The number of hydrogen-bond acceptors (Lipinski definition) is 2. The second-order valence-corrected chi connectivity index (χ2v) is 2.66. The van der Waals surface area contributed by atoms with Gasteiger partial charge >= 0.3 is 0 Å². The average Bonchev–Trinajstić information content (AvgIpc) is 2.17. The third kappa shape index (κ3) is 1.94. The van der Waals surface area contributed by atoms with E-state index in [2.05, 4.69) is 6.58 Å². The Labute approximate surface area is 72.3 Å². The topological polar surface area (TPSA) is 46.2 Å². The van der Waals surface area contributed by atoms with Gasteiger partial charge in [0.1, 0.15) is 0 Å². The van der Waals surface area contributed by atoms with Crippen LogP contribution < -0.4 is 5.73 Å². The number of nitrogens with two attached hydrogens (primary N) is 1. The van der Waals surface area contributed by atoms with Crippen LogP contribution in [0.4, 0.5) is 0 Å². The van der Waals surface area contributed by atoms with E-state index in [4.69, 9.17) is 10.8 Å². The number of aliphatic hydroxyl groups excluding tert-OH is 1. The highest BCUT2D eigenvalue weighted by Gasteiger charge is 1.99. The summed E-state index contributed by atoms with van der Waals surface area (Å²) in [6.07, 6.45) is 1.69. The minimum Gasteiger partial charge on any atom is -0.392 e. The van der Waals surface area contributed by atoms with Crippen LogP contribution in [-0.2, 0) is 6.61 Å². The smallest absolute Gasteiger partial charge is 0.0681 e. The fourth-order valence-electron chi connectivity index (χ4n) is 0.981. The van der Waals surface area contributed by atoms with Crippen molar-refractivity contribution in [3.05, 3.63) is 48.0 Å². The summed E-state index contributed by atoms with van der Waals surface area (Å²) in [6.45, 7) is 3.68. The van der Waals surface area contributed by atoms with Gasteiger partial charge in [-0.3, -0.25) is 0 Å². The summed E-state index contributed by atoms with van der Waals surface area (Å²) >= 11 is 0. The van der Waals surface area contributed by atoms with Gasteiger partial charge in [0, 0.05) is 6.04 Å². The van der Waals surface area contributed by atoms with Crippen LogP contribution >= 0.6 is 0 Å². The summed E-state index contributed by atoms with van der Waals surface area (Å²) in [7, 11) is 0. The molecule has 0 unspecified atom stereocenters. The van der Waals surface area contributed by atoms with E-state index < -0.39 is 0 Å². The molecule has 2 nitrogen and oxygen atoms in total. The molecule has 0 bridgehead atoms. The normalized spacial score (nSPS) is 12.5. The van der Waals surface area contributed by atoms with Gasteiger partial charge in [-0.25, -0.2) is 0 Å². The van der Waals surface area contributed by atoms with Gasteiger partial charge < -0.3 is 10.8 Å². The van der Waals surface area contributed by atoms with Gasteiger partial charge in [-0.2, -0.15) is 0 Å². The molecule has 1 rings (SSSR count). The fraction of sp³-hybridized carbons (Fsp3) is 0.200. The first-order valence-corrected chi connectivity index (χ1v) is 3.85. The molecule has 0 aliphatic carbocycles. The number of rotatable bonds is 3. The summed E-state index contributed by atoms with van der Waals surface area (Å²) in [5.41, 5.74) is 7.62. The Morgan fingerprint density at radius 2 is 2.00 bits per heavy atom. The standard InChI is InChI=1S/C10H13NO/c1-2-10(11)9-5-3-8(7-12)4-6-9/h2-6,10,12H,1,7,11H2/t10-/m0/s1. The molecule has 0 radical (unpaired) electrons. The minimum absolute atomic E-state index is 0.0730. The number of benzene rings is 1. The number of hydrogen-bond donors (Lipinski definition) is 2.